The Morgan fingerprint density at radius 3 is 1.24 bits per heavy atom. The Hall–Kier alpha value is -0.480. The lowest BCUT2D eigenvalue weighted by atomic mass is 9.98. The minimum Gasteiger partial charge on any atom is -0.394 e. The monoisotopic (exact) mass is 596 g/mol. The maximum absolute atomic E-state index is 10.3. The summed E-state index contributed by atoms with van der Waals surface area (Å²) in [5.41, 5.74) is 0. The van der Waals surface area contributed by atoms with Gasteiger partial charge in [0, 0.05) is 5.92 Å². The molecule has 2 fully saturated rings. The second-order valence-electron chi connectivity index (χ2n) is 11.6. The molecule has 0 saturated carbocycles. The molecule has 0 unspecified atom stereocenters. The van der Waals surface area contributed by atoms with Crippen molar-refractivity contribution < 1.29 is 59.8 Å². The van der Waals surface area contributed by atoms with Crippen molar-refractivity contribution in [1.82, 2.24) is 0 Å². The van der Waals surface area contributed by atoms with Crippen LogP contribution in [0.1, 0.15) is 90.4 Å². The van der Waals surface area contributed by atoms with Gasteiger partial charge in [-0.3, -0.25) is 0 Å². The summed E-state index contributed by atoms with van der Waals surface area (Å²) in [7, 11) is 0. The zero-order valence-electron chi connectivity index (χ0n) is 24.6. The fourth-order valence-electron chi connectivity index (χ4n) is 5.36. The fourth-order valence-corrected chi connectivity index (χ4v) is 5.36. The van der Waals surface area contributed by atoms with E-state index in [4.69, 9.17) is 18.9 Å². The Labute approximate surface area is 244 Å². The molecule has 41 heavy (non-hydrogen) atoms. The van der Waals surface area contributed by atoms with Gasteiger partial charge in [-0.1, -0.05) is 84.0 Å². The topological polar surface area (TPSA) is 199 Å². The average Bonchev–Trinajstić information content (AvgIpc) is 2.97. The number of aliphatic hydroxyl groups excluding tert-OH is 8. The third kappa shape index (κ3) is 12.2. The number of hydrogen-bond acceptors (Lipinski definition) is 12. The first-order valence-corrected chi connectivity index (χ1v) is 15.6. The molecule has 2 heterocycles. The number of hydrogen-bond donors (Lipinski definition) is 8. The van der Waals surface area contributed by atoms with Crippen molar-refractivity contribution in [2.24, 2.45) is 5.92 Å². The van der Waals surface area contributed by atoms with Crippen LogP contribution in [0.15, 0.2) is 0 Å². The van der Waals surface area contributed by atoms with Gasteiger partial charge in [-0.2, -0.15) is 0 Å². The Kier molecular flexibility index (Phi) is 18.3. The van der Waals surface area contributed by atoms with Crippen LogP contribution in [0.25, 0.3) is 0 Å². The first-order valence-electron chi connectivity index (χ1n) is 15.6. The van der Waals surface area contributed by atoms with E-state index in [1.54, 1.807) is 0 Å². The van der Waals surface area contributed by atoms with E-state index in [0.717, 1.165) is 19.3 Å². The Bertz CT molecular complexity index is 613. The SMILES string of the molecule is CCCCCCCCCCCCCCC(CO[C@@H]1O[C@H](CO)[C@@H](O)[C@H](O)[C@H]1O)CO[C@@H]1O[C@H](CO)[C@@H](O)[C@H](O)[C@H]1O. The molecule has 0 radical (unpaired) electrons. The molecule has 2 saturated heterocycles. The van der Waals surface area contributed by atoms with Gasteiger partial charge in [0.2, 0.25) is 0 Å². The zero-order valence-corrected chi connectivity index (χ0v) is 24.6. The van der Waals surface area contributed by atoms with Crippen LogP contribution < -0.4 is 0 Å². The zero-order chi connectivity index (χ0) is 30.2. The van der Waals surface area contributed by atoms with Crippen molar-refractivity contribution >= 4 is 0 Å². The summed E-state index contributed by atoms with van der Waals surface area (Å²) in [4.78, 5) is 0. The van der Waals surface area contributed by atoms with Crippen molar-refractivity contribution in [3.8, 4) is 0 Å². The number of ether oxygens (including phenoxy) is 4. The summed E-state index contributed by atoms with van der Waals surface area (Å²) in [6.07, 6.45) is 1.31. The average molecular weight is 597 g/mol. The van der Waals surface area contributed by atoms with E-state index < -0.39 is 74.6 Å². The molecule has 0 aliphatic carbocycles. The van der Waals surface area contributed by atoms with Gasteiger partial charge in [-0.15, -0.1) is 0 Å². The highest BCUT2D eigenvalue weighted by atomic mass is 16.7. The van der Waals surface area contributed by atoms with E-state index in [2.05, 4.69) is 6.92 Å². The fraction of sp³-hybridized carbons (Fsp3) is 1.00. The molecule has 0 spiro atoms. The van der Waals surface area contributed by atoms with E-state index >= 15 is 0 Å². The van der Waals surface area contributed by atoms with Gasteiger partial charge >= 0.3 is 0 Å². The predicted molar refractivity (Wildman–Crippen MR) is 149 cm³/mol. The maximum atomic E-state index is 10.3. The lowest BCUT2D eigenvalue weighted by Crippen LogP contribution is -2.59. The highest BCUT2D eigenvalue weighted by molar-refractivity contribution is 4.90. The molecule has 10 atom stereocenters. The van der Waals surface area contributed by atoms with E-state index in [-0.39, 0.29) is 19.1 Å². The lowest BCUT2D eigenvalue weighted by Gasteiger charge is -2.41. The molecule has 0 aromatic carbocycles. The van der Waals surface area contributed by atoms with Crippen LogP contribution in [-0.2, 0) is 18.9 Å². The van der Waals surface area contributed by atoms with Crippen LogP contribution in [0, 0.1) is 5.92 Å². The lowest BCUT2D eigenvalue weighted by molar-refractivity contribution is -0.312. The quantitative estimate of drug-likeness (QED) is 0.0846. The number of rotatable bonds is 21. The van der Waals surface area contributed by atoms with Crippen molar-refractivity contribution in [2.45, 2.75) is 152 Å². The first-order chi connectivity index (χ1) is 19.7. The van der Waals surface area contributed by atoms with E-state index in [1.165, 1.54) is 57.8 Å². The van der Waals surface area contributed by atoms with Gasteiger partial charge in [-0.25, -0.2) is 0 Å². The minimum atomic E-state index is -1.55. The Morgan fingerprint density at radius 2 is 0.878 bits per heavy atom. The van der Waals surface area contributed by atoms with Crippen LogP contribution >= 0.6 is 0 Å². The van der Waals surface area contributed by atoms with Gasteiger partial charge in [0.1, 0.15) is 48.8 Å². The smallest absolute Gasteiger partial charge is 0.186 e. The molecule has 12 nitrogen and oxygen atoms in total. The first kappa shape index (κ1) is 36.7. The molecule has 8 N–H and O–H groups in total. The van der Waals surface area contributed by atoms with Gasteiger partial charge in [0.05, 0.1) is 26.4 Å². The van der Waals surface area contributed by atoms with Gasteiger partial charge in [0.15, 0.2) is 12.6 Å². The van der Waals surface area contributed by atoms with Crippen molar-refractivity contribution in [1.29, 1.82) is 0 Å². The maximum Gasteiger partial charge on any atom is 0.186 e. The predicted octanol–water partition coefficient (Wildman–Crippen LogP) is 0.327. The molecule has 0 bridgehead atoms. The van der Waals surface area contributed by atoms with Crippen LogP contribution in [0.3, 0.4) is 0 Å². The van der Waals surface area contributed by atoms with Crippen LogP contribution in [0.2, 0.25) is 0 Å². The summed E-state index contributed by atoms with van der Waals surface area (Å²) in [5, 5.41) is 79.6. The second kappa shape index (κ2) is 20.5. The number of unbranched alkanes of at least 4 members (excludes halogenated alkanes) is 11. The van der Waals surface area contributed by atoms with Gasteiger partial charge in [-0.05, 0) is 6.42 Å². The van der Waals surface area contributed by atoms with Gasteiger partial charge < -0.3 is 59.8 Å². The Balaban J connectivity index is 1.82. The minimum absolute atomic E-state index is 0.0398. The molecule has 0 amide bonds. The van der Waals surface area contributed by atoms with Crippen molar-refractivity contribution in [3.63, 3.8) is 0 Å². The normalized spacial score (nSPS) is 34.4. The molecule has 0 aromatic rings. The summed E-state index contributed by atoms with van der Waals surface area (Å²) >= 11 is 0. The van der Waals surface area contributed by atoms with Crippen LogP contribution in [-0.4, -0.2) is 129 Å². The van der Waals surface area contributed by atoms with E-state index in [0.29, 0.717) is 6.42 Å². The molecular formula is C29H56O12. The second-order valence-corrected chi connectivity index (χ2v) is 11.6. The van der Waals surface area contributed by atoms with Gasteiger partial charge in [0.25, 0.3) is 0 Å². The Morgan fingerprint density at radius 1 is 0.512 bits per heavy atom. The summed E-state index contributed by atoms with van der Waals surface area (Å²) < 4.78 is 22.4. The molecule has 2 aliphatic rings. The largest absolute Gasteiger partial charge is 0.394 e. The molecule has 2 aliphatic heterocycles. The van der Waals surface area contributed by atoms with Crippen molar-refractivity contribution in [2.75, 3.05) is 26.4 Å². The van der Waals surface area contributed by atoms with Crippen molar-refractivity contribution in [3.05, 3.63) is 0 Å². The standard InChI is InChI=1S/C29H56O12/c1-2-3-4-5-6-7-8-9-10-11-12-13-14-19(17-38-28-26(36)24(34)22(32)20(15-30)40-28)18-39-29-27(37)25(35)23(33)21(16-31)41-29/h19-37H,2-18H2,1H3/t20-,21-,22-,23-,24+,25+,26-,27-,28-,29-/m1/s1. The van der Waals surface area contributed by atoms with E-state index in [1.807, 2.05) is 0 Å². The molecule has 2 rings (SSSR count). The van der Waals surface area contributed by atoms with Crippen LogP contribution in [0.5, 0.6) is 0 Å². The van der Waals surface area contributed by atoms with E-state index in [9.17, 15) is 40.9 Å². The molecule has 12 heteroatoms. The highest BCUT2D eigenvalue weighted by Gasteiger charge is 2.45. The summed E-state index contributed by atoms with van der Waals surface area (Å²) in [5.74, 6) is -0.252. The molecular weight excluding hydrogens is 540 g/mol. The van der Waals surface area contributed by atoms with Crippen LogP contribution in [0.4, 0.5) is 0 Å². The molecule has 0 aromatic heterocycles. The third-order valence-electron chi connectivity index (χ3n) is 8.16. The number of aliphatic hydroxyl groups is 8. The summed E-state index contributed by atoms with van der Waals surface area (Å²) in [6.45, 7) is 1.18. The molecule has 244 valence electrons. The third-order valence-corrected chi connectivity index (χ3v) is 8.16. The summed E-state index contributed by atoms with van der Waals surface area (Å²) in [6, 6.07) is 0. The highest BCUT2D eigenvalue weighted by Crippen LogP contribution is 2.26.